The number of alkyl halides is 3. The number of nitrogens with zero attached hydrogens (tertiary/aromatic N) is 1. The van der Waals surface area contributed by atoms with E-state index in [9.17, 15) is 13.2 Å². The van der Waals surface area contributed by atoms with Gasteiger partial charge < -0.3 is 9.84 Å². The first-order chi connectivity index (χ1) is 9.50. The molecule has 108 valence electrons. The first kappa shape index (κ1) is 14.6. The highest BCUT2D eigenvalue weighted by atomic mass is 19.4. The third kappa shape index (κ3) is 3.60. The minimum atomic E-state index is -4.36. The third-order valence-electron chi connectivity index (χ3n) is 2.77. The van der Waals surface area contributed by atoms with Gasteiger partial charge in [0.2, 0.25) is 0 Å². The van der Waals surface area contributed by atoms with E-state index in [0.717, 1.165) is 25.1 Å². The second-order valence-corrected chi connectivity index (χ2v) is 4.44. The van der Waals surface area contributed by atoms with Crippen LogP contribution < -0.4 is 5.32 Å². The Labute approximate surface area is 114 Å². The fraction of sp³-hybridized carbons (Fsp3) is 0.357. The Hall–Kier alpha value is -1.82. The quantitative estimate of drug-likeness (QED) is 0.847. The Morgan fingerprint density at radius 1 is 1.25 bits per heavy atom. The molecular weight excluding hydrogens is 269 g/mol. The largest absolute Gasteiger partial charge is 0.416 e. The molecule has 1 N–H and O–H groups in total. The summed E-state index contributed by atoms with van der Waals surface area (Å²) in [6, 6.07) is 6.67. The standard InChI is InChI=1S/C14H15F3N2O/c1-2-6-18-9-12-8-13(20-19-12)10-4-3-5-11(7-10)14(15,16)17/h3-5,7-8,18H,2,6,9H2,1H3. The van der Waals surface area contributed by atoms with Crippen LogP contribution in [-0.2, 0) is 12.7 Å². The van der Waals surface area contributed by atoms with E-state index in [1.54, 1.807) is 12.1 Å². The molecule has 0 saturated carbocycles. The summed E-state index contributed by atoms with van der Waals surface area (Å²) in [5.41, 5.74) is 0.344. The Morgan fingerprint density at radius 3 is 2.75 bits per heavy atom. The van der Waals surface area contributed by atoms with Crippen LogP contribution in [0.3, 0.4) is 0 Å². The molecule has 0 bridgehead atoms. The first-order valence-corrected chi connectivity index (χ1v) is 6.34. The summed E-state index contributed by atoms with van der Waals surface area (Å²) < 4.78 is 43.0. The van der Waals surface area contributed by atoms with E-state index < -0.39 is 11.7 Å². The van der Waals surface area contributed by atoms with Gasteiger partial charge >= 0.3 is 6.18 Å². The number of halogens is 3. The molecule has 0 aliphatic heterocycles. The highest BCUT2D eigenvalue weighted by Crippen LogP contribution is 2.32. The van der Waals surface area contributed by atoms with E-state index in [2.05, 4.69) is 10.5 Å². The van der Waals surface area contributed by atoms with Crippen LogP contribution >= 0.6 is 0 Å². The molecule has 0 spiro atoms. The molecule has 0 unspecified atom stereocenters. The van der Waals surface area contributed by atoms with Crippen LogP contribution in [0.4, 0.5) is 13.2 Å². The van der Waals surface area contributed by atoms with Gasteiger partial charge in [-0.05, 0) is 25.1 Å². The lowest BCUT2D eigenvalue weighted by molar-refractivity contribution is -0.137. The molecule has 2 rings (SSSR count). The molecule has 0 atom stereocenters. The van der Waals surface area contributed by atoms with Crippen molar-refractivity contribution in [1.82, 2.24) is 10.5 Å². The summed E-state index contributed by atoms with van der Waals surface area (Å²) in [5.74, 6) is 0.337. The van der Waals surface area contributed by atoms with Gasteiger partial charge in [-0.3, -0.25) is 0 Å². The Bertz CT molecular complexity index is 564. The summed E-state index contributed by atoms with van der Waals surface area (Å²) in [5, 5.41) is 6.99. The van der Waals surface area contributed by atoms with Crippen LogP contribution in [0.25, 0.3) is 11.3 Å². The molecule has 0 amide bonds. The molecule has 3 nitrogen and oxygen atoms in total. The van der Waals surface area contributed by atoms with Crippen LogP contribution in [-0.4, -0.2) is 11.7 Å². The van der Waals surface area contributed by atoms with Gasteiger partial charge in [-0.1, -0.05) is 24.2 Å². The molecule has 0 saturated heterocycles. The summed E-state index contributed by atoms with van der Waals surface area (Å²) in [6.45, 7) is 3.44. The van der Waals surface area contributed by atoms with Crippen molar-refractivity contribution >= 4 is 0 Å². The maximum Gasteiger partial charge on any atom is 0.416 e. The Balaban J connectivity index is 2.16. The van der Waals surface area contributed by atoms with Crippen molar-refractivity contribution in [2.24, 2.45) is 0 Å². The zero-order valence-corrected chi connectivity index (χ0v) is 11.0. The molecular formula is C14H15F3N2O. The van der Waals surface area contributed by atoms with Crippen molar-refractivity contribution in [3.05, 3.63) is 41.6 Å². The van der Waals surface area contributed by atoms with Crippen LogP contribution in [0.1, 0.15) is 24.6 Å². The van der Waals surface area contributed by atoms with E-state index in [1.165, 1.54) is 6.07 Å². The normalized spacial score (nSPS) is 11.8. The number of rotatable bonds is 5. The molecule has 20 heavy (non-hydrogen) atoms. The number of aromatic nitrogens is 1. The van der Waals surface area contributed by atoms with Gasteiger partial charge in [-0.15, -0.1) is 0 Å². The van der Waals surface area contributed by atoms with Gasteiger partial charge in [0.25, 0.3) is 0 Å². The van der Waals surface area contributed by atoms with Crippen LogP contribution in [0.15, 0.2) is 34.9 Å². The van der Waals surface area contributed by atoms with E-state index in [-0.39, 0.29) is 0 Å². The Kier molecular flexibility index (Phi) is 4.44. The fourth-order valence-electron chi connectivity index (χ4n) is 1.77. The molecule has 0 radical (unpaired) electrons. The van der Waals surface area contributed by atoms with E-state index in [0.29, 0.717) is 23.6 Å². The first-order valence-electron chi connectivity index (χ1n) is 6.34. The van der Waals surface area contributed by atoms with Crippen LogP contribution in [0.5, 0.6) is 0 Å². The van der Waals surface area contributed by atoms with Gasteiger partial charge in [0.1, 0.15) is 0 Å². The second-order valence-electron chi connectivity index (χ2n) is 4.44. The second kappa shape index (κ2) is 6.09. The van der Waals surface area contributed by atoms with Crippen molar-refractivity contribution in [2.75, 3.05) is 6.54 Å². The van der Waals surface area contributed by atoms with E-state index >= 15 is 0 Å². The average molecular weight is 284 g/mol. The maximum absolute atomic E-state index is 12.6. The highest BCUT2D eigenvalue weighted by Gasteiger charge is 2.30. The van der Waals surface area contributed by atoms with Crippen molar-refractivity contribution in [1.29, 1.82) is 0 Å². The monoisotopic (exact) mass is 284 g/mol. The predicted molar refractivity (Wildman–Crippen MR) is 68.9 cm³/mol. The molecule has 1 aromatic carbocycles. The number of hydrogen-bond acceptors (Lipinski definition) is 3. The zero-order valence-electron chi connectivity index (χ0n) is 11.0. The van der Waals surface area contributed by atoms with Crippen LogP contribution in [0.2, 0.25) is 0 Å². The topological polar surface area (TPSA) is 38.1 Å². The minimum absolute atomic E-state index is 0.337. The number of benzene rings is 1. The molecule has 1 aromatic heterocycles. The summed E-state index contributed by atoms with van der Waals surface area (Å²) >= 11 is 0. The van der Waals surface area contributed by atoms with Gasteiger partial charge in [0, 0.05) is 18.2 Å². The predicted octanol–water partition coefficient (Wildman–Crippen LogP) is 3.86. The van der Waals surface area contributed by atoms with Gasteiger partial charge in [-0.25, -0.2) is 0 Å². The SMILES string of the molecule is CCCNCc1cc(-c2cccc(C(F)(F)F)c2)on1. The maximum atomic E-state index is 12.6. The van der Waals surface area contributed by atoms with Gasteiger partial charge in [0.15, 0.2) is 5.76 Å². The average Bonchev–Trinajstić information content (AvgIpc) is 2.87. The molecule has 0 aliphatic rings. The molecule has 1 heterocycles. The summed E-state index contributed by atoms with van der Waals surface area (Å²) in [7, 11) is 0. The lowest BCUT2D eigenvalue weighted by atomic mass is 10.1. The van der Waals surface area contributed by atoms with Gasteiger partial charge in [0.05, 0.1) is 11.3 Å². The van der Waals surface area contributed by atoms with Crippen molar-refractivity contribution in [3.63, 3.8) is 0 Å². The molecule has 0 aliphatic carbocycles. The lowest BCUT2D eigenvalue weighted by Gasteiger charge is -2.06. The molecule has 6 heteroatoms. The smallest absolute Gasteiger partial charge is 0.356 e. The van der Waals surface area contributed by atoms with Crippen molar-refractivity contribution < 1.29 is 17.7 Å². The molecule has 2 aromatic rings. The van der Waals surface area contributed by atoms with Crippen LogP contribution in [0, 0.1) is 0 Å². The minimum Gasteiger partial charge on any atom is -0.356 e. The fourth-order valence-corrected chi connectivity index (χ4v) is 1.77. The van der Waals surface area contributed by atoms with E-state index in [4.69, 9.17) is 4.52 Å². The van der Waals surface area contributed by atoms with Crippen molar-refractivity contribution in [2.45, 2.75) is 26.1 Å². The Morgan fingerprint density at radius 2 is 2.05 bits per heavy atom. The highest BCUT2D eigenvalue weighted by molar-refractivity contribution is 5.58. The summed E-state index contributed by atoms with van der Waals surface area (Å²) in [6.07, 6.45) is -3.36. The summed E-state index contributed by atoms with van der Waals surface area (Å²) in [4.78, 5) is 0. The zero-order chi connectivity index (χ0) is 14.6. The lowest BCUT2D eigenvalue weighted by Crippen LogP contribution is -2.13. The third-order valence-corrected chi connectivity index (χ3v) is 2.77. The van der Waals surface area contributed by atoms with E-state index in [1.807, 2.05) is 6.92 Å². The number of hydrogen-bond donors (Lipinski definition) is 1. The van der Waals surface area contributed by atoms with Crippen molar-refractivity contribution in [3.8, 4) is 11.3 Å². The van der Waals surface area contributed by atoms with Gasteiger partial charge in [-0.2, -0.15) is 13.2 Å². The number of nitrogens with one attached hydrogen (secondary N) is 1. The molecule has 0 fully saturated rings.